The van der Waals surface area contributed by atoms with Gasteiger partial charge >= 0.3 is 5.97 Å². The molecule has 1 fully saturated rings. The van der Waals surface area contributed by atoms with Crippen molar-refractivity contribution in [2.75, 3.05) is 11.4 Å². The Balaban J connectivity index is 2.34. The van der Waals surface area contributed by atoms with Crippen LogP contribution in [0.4, 0.5) is 5.82 Å². The third-order valence-electron chi connectivity index (χ3n) is 3.10. The highest BCUT2D eigenvalue weighted by Gasteiger charge is 2.37. The van der Waals surface area contributed by atoms with Gasteiger partial charge in [0.25, 0.3) is 0 Å². The summed E-state index contributed by atoms with van der Waals surface area (Å²) in [5, 5.41) is 30.6. The SMILES string of the molecule is N#CCCn1ncc(C#N)c1N1CC(C(=O)O)CC1=O. The van der Waals surface area contributed by atoms with Crippen molar-refractivity contribution in [3.63, 3.8) is 0 Å². The maximum Gasteiger partial charge on any atom is 0.308 e. The van der Waals surface area contributed by atoms with Gasteiger partial charge in [-0.25, -0.2) is 4.68 Å². The normalized spacial score (nSPS) is 17.8. The number of nitriles is 2. The lowest BCUT2D eigenvalue weighted by molar-refractivity contribution is -0.141. The Morgan fingerprint density at radius 2 is 2.30 bits per heavy atom. The number of rotatable bonds is 4. The molecule has 1 unspecified atom stereocenters. The maximum absolute atomic E-state index is 11.9. The van der Waals surface area contributed by atoms with Gasteiger partial charge in [-0.3, -0.25) is 14.5 Å². The number of hydrogen-bond acceptors (Lipinski definition) is 5. The van der Waals surface area contributed by atoms with Gasteiger partial charge < -0.3 is 5.11 Å². The number of amides is 1. The van der Waals surface area contributed by atoms with Crippen LogP contribution in [0.3, 0.4) is 0 Å². The fraction of sp³-hybridized carbons (Fsp3) is 0.417. The molecule has 1 amide bonds. The number of carbonyl (C=O) groups is 2. The lowest BCUT2D eigenvalue weighted by atomic mass is 10.1. The molecule has 1 atom stereocenters. The van der Waals surface area contributed by atoms with Crippen molar-refractivity contribution in [1.82, 2.24) is 9.78 Å². The van der Waals surface area contributed by atoms with Crippen molar-refractivity contribution in [1.29, 1.82) is 10.5 Å². The Bertz CT molecular complexity index is 636. The number of carbonyl (C=O) groups excluding carboxylic acids is 1. The van der Waals surface area contributed by atoms with Crippen molar-refractivity contribution in [2.24, 2.45) is 5.92 Å². The van der Waals surface area contributed by atoms with E-state index >= 15 is 0 Å². The van der Waals surface area contributed by atoms with E-state index in [0.717, 1.165) is 0 Å². The number of nitrogens with zero attached hydrogens (tertiary/aromatic N) is 5. The largest absolute Gasteiger partial charge is 0.481 e. The van der Waals surface area contributed by atoms with Crippen LogP contribution in [0.15, 0.2) is 6.20 Å². The van der Waals surface area contributed by atoms with Crippen LogP contribution < -0.4 is 4.90 Å². The number of hydrogen-bond donors (Lipinski definition) is 1. The molecule has 1 aromatic rings. The highest BCUT2D eigenvalue weighted by molar-refractivity contribution is 5.99. The molecule has 0 bridgehead atoms. The zero-order valence-corrected chi connectivity index (χ0v) is 10.5. The van der Waals surface area contributed by atoms with Gasteiger partial charge in [0, 0.05) is 13.0 Å². The molecule has 0 aliphatic carbocycles. The van der Waals surface area contributed by atoms with Crippen molar-refractivity contribution >= 4 is 17.7 Å². The van der Waals surface area contributed by atoms with Crippen molar-refractivity contribution in [3.05, 3.63) is 11.8 Å². The summed E-state index contributed by atoms with van der Waals surface area (Å²) in [6.45, 7) is 0.260. The Hall–Kier alpha value is -2.87. The molecule has 0 radical (unpaired) electrons. The van der Waals surface area contributed by atoms with Gasteiger partial charge in [0.1, 0.15) is 11.6 Å². The van der Waals surface area contributed by atoms with Crippen LogP contribution in [0.5, 0.6) is 0 Å². The maximum atomic E-state index is 11.9. The zero-order chi connectivity index (χ0) is 14.7. The molecule has 0 saturated carbocycles. The Kier molecular flexibility index (Phi) is 3.67. The van der Waals surface area contributed by atoms with Crippen LogP contribution in [0, 0.1) is 28.6 Å². The summed E-state index contributed by atoms with van der Waals surface area (Å²) >= 11 is 0. The summed E-state index contributed by atoms with van der Waals surface area (Å²) in [5.74, 6) is -1.90. The van der Waals surface area contributed by atoms with Gasteiger partial charge in [-0.1, -0.05) is 0 Å². The van der Waals surface area contributed by atoms with Gasteiger partial charge in [0.2, 0.25) is 5.91 Å². The fourth-order valence-corrected chi connectivity index (χ4v) is 2.14. The van der Waals surface area contributed by atoms with Crippen LogP contribution >= 0.6 is 0 Å². The molecule has 8 nitrogen and oxygen atoms in total. The van der Waals surface area contributed by atoms with E-state index in [4.69, 9.17) is 15.6 Å². The molecule has 1 aliphatic rings. The number of aromatic nitrogens is 2. The Morgan fingerprint density at radius 1 is 1.55 bits per heavy atom. The van der Waals surface area contributed by atoms with E-state index in [0.29, 0.717) is 0 Å². The van der Waals surface area contributed by atoms with E-state index in [2.05, 4.69) is 5.10 Å². The predicted octanol–water partition coefficient (Wildman–Crippen LogP) is 0.106. The summed E-state index contributed by atoms with van der Waals surface area (Å²) in [4.78, 5) is 24.2. The molecule has 0 spiro atoms. The lowest BCUT2D eigenvalue weighted by Gasteiger charge is -2.17. The molecule has 2 heterocycles. The van der Waals surface area contributed by atoms with E-state index in [1.165, 1.54) is 15.8 Å². The highest BCUT2D eigenvalue weighted by Crippen LogP contribution is 2.28. The second kappa shape index (κ2) is 5.41. The number of aryl methyl sites for hydroxylation is 1. The average molecular weight is 273 g/mol. The van der Waals surface area contributed by atoms with Gasteiger partial charge in [-0.2, -0.15) is 15.6 Å². The second-order valence-electron chi connectivity index (χ2n) is 4.37. The molecular weight excluding hydrogens is 262 g/mol. The predicted molar refractivity (Wildman–Crippen MR) is 65.3 cm³/mol. The highest BCUT2D eigenvalue weighted by atomic mass is 16.4. The first kappa shape index (κ1) is 13.6. The number of carboxylic acid groups (broad SMARTS) is 1. The van der Waals surface area contributed by atoms with Gasteiger partial charge in [-0.05, 0) is 0 Å². The van der Waals surface area contributed by atoms with E-state index in [9.17, 15) is 9.59 Å². The molecule has 0 aromatic carbocycles. The summed E-state index contributed by atoms with van der Waals surface area (Å²) in [5.41, 5.74) is 0.197. The molecular formula is C12H11N5O3. The summed E-state index contributed by atoms with van der Waals surface area (Å²) in [6.07, 6.45) is 1.40. The van der Waals surface area contributed by atoms with Crippen LogP contribution in [-0.2, 0) is 16.1 Å². The van der Waals surface area contributed by atoms with Crippen molar-refractivity contribution < 1.29 is 14.7 Å². The fourth-order valence-electron chi connectivity index (χ4n) is 2.14. The minimum atomic E-state index is -1.04. The topological polar surface area (TPSA) is 123 Å². The minimum absolute atomic E-state index is 0.0150. The monoisotopic (exact) mass is 273 g/mol. The smallest absolute Gasteiger partial charge is 0.308 e. The van der Waals surface area contributed by atoms with Crippen molar-refractivity contribution in [2.45, 2.75) is 19.4 Å². The zero-order valence-electron chi connectivity index (χ0n) is 10.5. The van der Waals surface area contributed by atoms with Crippen LogP contribution in [0.2, 0.25) is 0 Å². The first-order chi connectivity index (χ1) is 9.58. The van der Waals surface area contributed by atoms with Gasteiger partial charge in [-0.15, -0.1) is 0 Å². The third kappa shape index (κ3) is 2.31. The minimum Gasteiger partial charge on any atom is -0.481 e. The number of anilines is 1. The Labute approximate surface area is 114 Å². The molecule has 1 saturated heterocycles. The molecule has 1 N–H and O–H groups in total. The van der Waals surface area contributed by atoms with E-state index in [-0.39, 0.29) is 43.2 Å². The molecule has 20 heavy (non-hydrogen) atoms. The van der Waals surface area contributed by atoms with Gasteiger partial charge in [0.15, 0.2) is 5.82 Å². The van der Waals surface area contributed by atoms with E-state index in [1.54, 1.807) is 0 Å². The van der Waals surface area contributed by atoms with E-state index in [1.807, 2.05) is 12.1 Å². The van der Waals surface area contributed by atoms with Gasteiger partial charge in [0.05, 0.1) is 31.1 Å². The molecule has 1 aliphatic heterocycles. The summed E-state index contributed by atoms with van der Waals surface area (Å²) in [6, 6.07) is 3.88. The molecule has 2 rings (SSSR count). The lowest BCUT2D eigenvalue weighted by Crippen LogP contribution is -2.29. The average Bonchev–Trinajstić information content (AvgIpc) is 2.99. The summed E-state index contributed by atoms with van der Waals surface area (Å²) < 4.78 is 1.39. The number of aliphatic carboxylic acids is 1. The van der Waals surface area contributed by atoms with Crippen LogP contribution in [-0.4, -0.2) is 33.3 Å². The molecule has 1 aromatic heterocycles. The number of carboxylic acids is 1. The Morgan fingerprint density at radius 3 is 2.85 bits per heavy atom. The van der Waals surface area contributed by atoms with Crippen LogP contribution in [0.1, 0.15) is 18.4 Å². The summed E-state index contributed by atoms with van der Waals surface area (Å²) in [7, 11) is 0. The van der Waals surface area contributed by atoms with Crippen molar-refractivity contribution in [3.8, 4) is 12.1 Å². The molecule has 8 heteroatoms. The quantitative estimate of drug-likeness (QED) is 0.830. The second-order valence-corrected chi connectivity index (χ2v) is 4.37. The standard InChI is InChI=1S/C12H11N5O3/c13-2-1-3-17-11(9(5-14)6-15-17)16-7-8(12(19)20)4-10(16)18/h6,8H,1,3-4,7H2,(H,19,20). The molecule has 102 valence electrons. The van der Waals surface area contributed by atoms with Crippen LogP contribution in [0.25, 0.3) is 0 Å². The first-order valence-electron chi connectivity index (χ1n) is 5.94. The van der Waals surface area contributed by atoms with E-state index < -0.39 is 11.9 Å². The first-order valence-corrected chi connectivity index (χ1v) is 5.94. The third-order valence-corrected chi connectivity index (χ3v) is 3.10.